The van der Waals surface area contributed by atoms with E-state index in [9.17, 15) is 0 Å². The van der Waals surface area contributed by atoms with Gasteiger partial charge in [0.05, 0.1) is 6.20 Å². The highest BCUT2D eigenvalue weighted by atomic mass is 28.3. The molecule has 0 radical (unpaired) electrons. The van der Waals surface area contributed by atoms with Crippen molar-refractivity contribution in [1.29, 1.82) is 0 Å². The van der Waals surface area contributed by atoms with Crippen molar-refractivity contribution in [3.63, 3.8) is 0 Å². The molecule has 0 aliphatic heterocycles. The van der Waals surface area contributed by atoms with Crippen LogP contribution >= 0.6 is 0 Å². The van der Waals surface area contributed by atoms with E-state index in [4.69, 9.17) is 9.97 Å². The maximum absolute atomic E-state index is 4.79. The third-order valence-corrected chi connectivity index (χ3v) is 10.3. The lowest BCUT2D eigenvalue weighted by molar-refractivity contribution is 1.08. The standard InChI is InChI=1S/C25H21N5Si/c1-30(25-28-19-23-24(29-25)27-18-17-26-23)31(20-11-5-2-6-12-20,21-13-7-3-8-14-21)22-15-9-4-10-16-22/h2-19H,1H3. The Bertz CT molecular complexity index is 1200. The van der Waals surface area contributed by atoms with Crippen molar-refractivity contribution in [3.8, 4) is 0 Å². The van der Waals surface area contributed by atoms with Gasteiger partial charge < -0.3 is 4.57 Å². The van der Waals surface area contributed by atoms with E-state index in [1.54, 1.807) is 18.6 Å². The monoisotopic (exact) mass is 419 g/mol. The molecule has 0 atom stereocenters. The lowest BCUT2D eigenvalue weighted by atomic mass is 10.3. The van der Waals surface area contributed by atoms with Crippen LogP contribution in [0, 0.1) is 0 Å². The molecule has 0 aliphatic carbocycles. The normalized spacial score (nSPS) is 11.4. The van der Waals surface area contributed by atoms with Gasteiger partial charge in [0.1, 0.15) is 5.52 Å². The van der Waals surface area contributed by atoms with Gasteiger partial charge in [-0.15, -0.1) is 0 Å². The van der Waals surface area contributed by atoms with Gasteiger partial charge in [-0.05, 0) is 15.6 Å². The van der Waals surface area contributed by atoms with Crippen LogP contribution in [-0.2, 0) is 0 Å². The van der Waals surface area contributed by atoms with Crippen molar-refractivity contribution in [3.05, 3.63) is 110 Å². The lowest BCUT2D eigenvalue weighted by Gasteiger charge is -2.41. The Balaban J connectivity index is 1.82. The smallest absolute Gasteiger partial charge is 0.255 e. The second-order valence-electron chi connectivity index (χ2n) is 7.30. The van der Waals surface area contributed by atoms with Gasteiger partial charge in [0.25, 0.3) is 8.24 Å². The van der Waals surface area contributed by atoms with Crippen LogP contribution in [0.1, 0.15) is 0 Å². The number of nitrogens with zero attached hydrogens (tertiary/aromatic N) is 5. The number of aromatic nitrogens is 4. The molecule has 2 aromatic heterocycles. The minimum atomic E-state index is -2.70. The summed E-state index contributed by atoms with van der Waals surface area (Å²) < 4.78 is 2.26. The summed E-state index contributed by atoms with van der Waals surface area (Å²) >= 11 is 0. The fourth-order valence-electron chi connectivity index (χ4n) is 4.19. The summed E-state index contributed by atoms with van der Waals surface area (Å²) in [4.78, 5) is 18.2. The first kappa shape index (κ1) is 19.1. The average Bonchev–Trinajstić information content (AvgIpc) is 2.86. The summed E-state index contributed by atoms with van der Waals surface area (Å²) in [5, 5.41) is 3.79. The summed E-state index contributed by atoms with van der Waals surface area (Å²) in [5.74, 6) is 0.635. The third-order valence-electron chi connectivity index (χ3n) is 5.59. The van der Waals surface area contributed by atoms with Crippen molar-refractivity contribution < 1.29 is 0 Å². The fraction of sp³-hybridized carbons (Fsp3) is 0.0400. The van der Waals surface area contributed by atoms with Crippen molar-refractivity contribution >= 4 is 40.9 Å². The molecule has 2 heterocycles. The van der Waals surface area contributed by atoms with Gasteiger partial charge in [0.15, 0.2) is 5.65 Å². The van der Waals surface area contributed by atoms with Crippen molar-refractivity contribution in [1.82, 2.24) is 19.9 Å². The summed E-state index contributed by atoms with van der Waals surface area (Å²) in [7, 11) is -0.601. The molecule has 5 rings (SSSR count). The quantitative estimate of drug-likeness (QED) is 0.324. The summed E-state index contributed by atoms with van der Waals surface area (Å²) in [5.41, 5.74) is 1.28. The zero-order chi connectivity index (χ0) is 21.1. The van der Waals surface area contributed by atoms with Gasteiger partial charge in [-0.25, -0.2) is 15.0 Å². The number of rotatable bonds is 5. The van der Waals surface area contributed by atoms with E-state index in [2.05, 4.69) is 113 Å². The molecule has 0 saturated heterocycles. The average molecular weight is 420 g/mol. The number of hydrogen-bond donors (Lipinski definition) is 0. The van der Waals surface area contributed by atoms with Gasteiger partial charge in [-0.2, -0.15) is 4.98 Å². The van der Waals surface area contributed by atoms with Gasteiger partial charge in [0, 0.05) is 19.4 Å². The molecule has 0 amide bonds. The molecule has 6 heteroatoms. The van der Waals surface area contributed by atoms with Crippen LogP contribution in [0.4, 0.5) is 5.95 Å². The molecule has 31 heavy (non-hydrogen) atoms. The van der Waals surface area contributed by atoms with Crippen LogP contribution in [0.3, 0.4) is 0 Å². The van der Waals surface area contributed by atoms with E-state index in [0.717, 1.165) is 0 Å². The number of hydrogen-bond acceptors (Lipinski definition) is 5. The maximum Gasteiger partial charge on any atom is 0.255 e. The Kier molecular flexibility index (Phi) is 4.98. The molecule has 0 saturated carbocycles. The number of fused-ring (bicyclic) bond motifs is 1. The second kappa shape index (κ2) is 8.08. The molecule has 0 unspecified atom stereocenters. The molecule has 0 spiro atoms. The first-order valence-electron chi connectivity index (χ1n) is 10.1. The van der Waals surface area contributed by atoms with Crippen molar-refractivity contribution in [2.75, 3.05) is 11.6 Å². The van der Waals surface area contributed by atoms with Crippen molar-refractivity contribution in [2.24, 2.45) is 0 Å². The molecule has 5 nitrogen and oxygen atoms in total. The Morgan fingerprint density at radius 3 is 1.61 bits per heavy atom. The topological polar surface area (TPSA) is 54.8 Å². The highest BCUT2D eigenvalue weighted by Gasteiger charge is 2.45. The predicted molar refractivity (Wildman–Crippen MR) is 128 cm³/mol. The highest BCUT2D eigenvalue weighted by Crippen LogP contribution is 2.18. The Hall–Kier alpha value is -3.90. The molecular formula is C25H21N5Si. The summed E-state index contributed by atoms with van der Waals surface area (Å²) in [6, 6.07) is 32.0. The summed E-state index contributed by atoms with van der Waals surface area (Å²) in [6.45, 7) is 0. The minimum absolute atomic E-state index is 0.594. The van der Waals surface area contributed by atoms with E-state index in [0.29, 0.717) is 17.1 Å². The number of anilines is 1. The van der Waals surface area contributed by atoms with E-state index in [-0.39, 0.29) is 0 Å². The first-order chi connectivity index (χ1) is 15.3. The Labute approximate surface area is 182 Å². The van der Waals surface area contributed by atoms with Gasteiger partial charge in [-0.3, -0.25) is 0 Å². The molecule has 3 aromatic carbocycles. The van der Waals surface area contributed by atoms with E-state index < -0.39 is 8.24 Å². The largest absolute Gasteiger partial charge is 0.358 e. The maximum atomic E-state index is 4.79. The van der Waals surface area contributed by atoms with Crippen LogP contribution in [-0.4, -0.2) is 35.2 Å². The van der Waals surface area contributed by atoms with Crippen LogP contribution in [0.25, 0.3) is 11.2 Å². The highest BCUT2D eigenvalue weighted by molar-refractivity contribution is 7.13. The van der Waals surface area contributed by atoms with Crippen LogP contribution in [0.2, 0.25) is 0 Å². The Morgan fingerprint density at radius 1 is 0.613 bits per heavy atom. The zero-order valence-electron chi connectivity index (χ0n) is 17.1. The van der Waals surface area contributed by atoms with Crippen LogP contribution in [0.15, 0.2) is 110 Å². The van der Waals surface area contributed by atoms with E-state index in [1.165, 1.54) is 15.6 Å². The lowest BCUT2D eigenvalue weighted by Crippen LogP contribution is -2.77. The van der Waals surface area contributed by atoms with Gasteiger partial charge >= 0.3 is 0 Å². The zero-order valence-corrected chi connectivity index (χ0v) is 18.1. The SMILES string of the molecule is CN(c1ncc2nccnc2n1)[Si](c1ccccc1)(c1ccccc1)c1ccccc1. The van der Waals surface area contributed by atoms with E-state index >= 15 is 0 Å². The number of benzene rings is 3. The molecule has 0 N–H and O–H groups in total. The van der Waals surface area contributed by atoms with E-state index in [1.807, 2.05) is 0 Å². The van der Waals surface area contributed by atoms with Gasteiger partial charge in [0.2, 0.25) is 5.95 Å². The molecule has 0 bridgehead atoms. The fourth-order valence-corrected chi connectivity index (χ4v) is 8.79. The minimum Gasteiger partial charge on any atom is -0.358 e. The summed E-state index contributed by atoms with van der Waals surface area (Å²) in [6.07, 6.45) is 5.07. The molecule has 0 fully saturated rings. The van der Waals surface area contributed by atoms with Crippen LogP contribution < -0.4 is 20.1 Å². The molecule has 0 aliphatic rings. The van der Waals surface area contributed by atoms with Crippen LogP contribution in [0.5, 0.6) is 0 Å². The molecule has 150 valence electrons. The predicted octanol–water partition coefficient (Wildman–Crippen LogP) is 2.52. The Morgan fingerprint density at radius 2 is 1.10 bits per heavy atom. The second-order valence-corrected chi connectivity index (χ2v) is 11.1. The van der Waals surface area contributed by atoms with Crippen molar-refractivity contribution in [2.45, 2.75) is 0 Å². The third kappa shape index (κ3) is 3.27. The molecular weight excluding hydrogens is 398 g/mol. The first-order valence-corrected chi connectivity index (χ1v) is 12.1. The van der Waals surface area contributed by atoms with Gasteiger partial charge in [-0.1, -0.05) is 91.0 Å². The molecule has 5 aromatic rings.